The number of nitrogens with zero attached hydrogens (tertiary/aromatic N) is 1. The summed E-state index contributed by atoms with van der Waals surface area (Å²) >= 11 is 0. The van der Waals surface area contributed by atoms with Gasteiger partial charge in [0.1, 0.15) is 0 Å². The minimum Gasteiger partial charge on any atom is -0.352 e. The van der Waals surface area contributed by atoms with Crippen LogP contribution in [0.2, 0.25) is 0 Å². The standard InChI is InChI=1S/C13H19N3O/c1-10-2-3-12(8-15-10)9-16-13(17)6-11-4-5-14-7-11/h2-3,8,11,14H,4-7,9H2,1H3,(H,16,17). The number of carbonyl (C=O) groups is 1. The van der Waals surface area contributed by atoms with Crippen molar-refractivity contribution in [2.75, 3.05) is 13.1 Å². The number of aryl methyl sites for hydroxylation is 1. The number of carbonyl (C=O) groups excluding carboxylic acids is 1. The Balaban J connectivity index is 1.73. The van der Waals surface area contributed by atoms with Crippen LogP contribution in [0.4, 0.5) is 0 Å². The second-order valence-corrected chi connectivity index (χ2v) is 4.65. The molecule has 0 radical (unpaired) electrons. The highest BCUT2D eigenvalue weighted by Gasteiger charge is 2.17. The summed E-state index contributed by atoms with van der Waals surface area (Å²) in [5.41, 5.74) is 2.05. The van der Waals surface area contributed by atoms with Crippen LogP contribution in [0, 0.1) is 12.8 Å². The number of rotatable bonds is 4. The van der Waals surface area contributed by atoms with Crippen LogP contribution < -0.4 is 10.6 Å². The smallest absolute Gasteiger partial charge is 0.220 e. The molecule has 1 aliphatic rings. The molecule has 1 fully saturated rings. The molecule has 4 heteroatoms. The Bertz CT molecular complexity index is 369. The summed E-state index contributed by atoms with van der Waals surface area (Å²) in [5.74, 6) is 0.644. The van der Waals surface area contributed by atoms with Crippen LogP contribution in [0.15, 0.2) is 18.3 Å². The zero-order chi connectivity index (χ0) is 12.1. The molecule has 1 aliphatic heterocycles. The lowest BCUT2D eigenvalue weighted by Gasteiger charge is -2.09. The zero-order valence-electron chi connectivity index (χ0n) is 10.2. The minimum atomic E-state index is 0.138. The maximum Gasteiger partial charge on any atom is 0.220 e. The Labute approximate surface area is 102 Å². The molecule has 1 atom stereocenters. The highest BCUT2D eigenvalue weighted by Crippen LogP contribution is 2.11. The van der Waals surface area contributed by atoms with Gasteiger partial charge in [-0.1, -0.05) is 6.07 Å². The summed E-state index contributed by atoms with van der Waals surface area (Å²) in [7, 11) is 0. The van der Waals surface area contributed by atoms with Gasteiger partial charge in [0.2, 0.25) is 5.91 Å². The van der Waals surface area contributed by atoms with Crippen LogP contribution in [-0.4, -0.2) is 24.0 Å². The first-order valence-corrected chi connectivity index (χ1v) is 6.13. The summed E-state index contributed by atoms with van der Waals surface area (Å²) < 4.78 is 0. The molecule has 1 saturated heterocycles. The molecule has 1 unspecified atom stereocenters. The van der Waals surface area contributed by atoms with Crippen molar-refractivity contribution < 1.29 is 4.79 Å². The number of amides is 1. The van der Waals surface area contributed by atoms with E-state index in [2.05, 4.69) is 15.6 Å². The minimum absolute atomic E-state index is 0.138. The van der Waals surface area contributed by atoms with Gasteiger partial charge < -0.3 is 10.6 Å². The van der Waals surface area contributed by atoms with Gasteiger partial charge in [0.15, 0.2) is 0 Å². The molecule has 2 rings (SSSR count). The lowest BCUT2D eigenvalue weighted by atomic mass is 10.0. The molecule has 0 spiro atoms. The molecule has 17 heavy (non-hydrogen) atoms. The van der Waals surface area contributed by atoms with Crippen LogP contribution >= 0.6 is 0 Å². The van der Waals surface area contributed by atoms with Crippen molar-refractivity contribution in [2.45, 2.75) is 26.3 Å². The fourth-order valence-corrected chi connectivity index (χ4v) is 2.03. The highest BCUT2D eigenvalue weighted by molar-refractivity contribution is 5.76. The topological polar surface area (TPSA) is 54.0 Å². The third-order valence-electron chi connectivity index (χ3n) is 3.10. The van der Waals surface area contributed by atoms with E-state index in [4.69, 9.17) is 0 Å². The molecule has 2 heterocycles. The van der Waals surface area contributed by atoms with E-state index in [-0.39, 0.29) is 5.91 Å². The van der Waals surface area contributed by atoms with Gasteiger partial charge in [0.25, 0.3) is 0 Å². The van der Waals surface area contributed by atoms with Crippen LogP contribution in [-0.2, 0) is 11.3 Å². The van der Waals surface area contributed by atoms with Gasteiger partial charge >= 0.3 is 0 Å². The van der Waals surface area contributed by atoms with Crippen LogP contribution in [0.1, 0.15) is 24.1 Å². The predicted octanol–water partition coefficient (Wildman–Crippen LogP) is 1.01. The molecule has 0 aromatic carbocycles. The quantitative estimate of drug-likeness (QED) is 0.816. The van der Waals surface area contributed by atoms with Crippen molar-refractivity contribution in [1.82, 2.24) is 15.6 Å². The Kier molecular flexibility index (Phi) is 4.09. The molecule has 0 aliphatic carbocycles. The summed E-state index contributed by atoms with van der Waals surface area (Å²) in [4.78, 5) is 15.9. The van der Waals surface area contributed by atoms with Gasteiger partial charge in [-0.05, 0) is 44.0 Å². The Hall–Kier alpha value is -1.42. The number of hydrogen-bond donors (Lipinski definition) is 2. The lowest BCUT2D eigenvalue weighted by molar-refractivity contribution is -0.122. The fourth-order valence-electron chi connectivity index (χ4n) is 2.03. The van der Waals surface area contributed by atoms with Gasteiger partial charge in [-0.3, -0.25) is 9.78 Å². The van der Waals surface area contributed by atoms with Crippen molar-refractivity contribution in [3.8, 4) is 0 Å². The summed E-state index contributed by atoms with van der Waals surface area (Å²) in [6.07, 6.45) is 3.55. The van der Waals surface area contributed by atoms with Gasteiger partial charge in [-0.2, -0.15) is 0 Å². The van der Waals surface area contributed by atoms with E-state index >= 15 is 0 Å². The maximum absolute atomic E-state index is 11.7. The van der Waals surface area contributed by atoms with E-state index in [1.54, 1.807) is 0 Å². The molecule has 4 nitrogen and oxygen atoms in total. The average Bonchev–Trinajstić information content (AvgIpc) is 2.81. The monoisotopic (exact) mass is 233 g/mol. The Morgan fingerprint density at radius 3 is 3.12 bits per heavy atom. The molecule has 0 saturated carbocycles. The third-order valence-corrected chi connectivity index (χ3v) is 3.10. The Morgan fingerprint density at radius 2 is 2.47 bits per heavy atom. The predicted molar refractivity (Wildman–Crippen MR) is 66.4 cm³/mol. The van der Waals surface area contributed by atoms with E-state index < -0.39 is 0 Å². The largest absolute Gasteiger partial charge is 0.352 e. The molecular weight excluding hydrogens is 214 g/mol. The number of pyridine rings is 1. The number of aromatic nitrogens is 1. The summed E-state index contributed by atoms with van der Waals surface area (Å²) in [6.45, 7) is 4.54. The van der Waals surface area contributed by atoms with Gasteiger partial charge in [0.05, 0.1) is 0 Å². The first-order chi connectivity index (χ1) is 8.24. The number of hydrogen-bond acceptors (Lipinski definition) is 3. The lowest BCUT2D eigenvalue weighted by Crippen LogP contribution is -2.25. The average molecular weight is 233 g/mol. The first-order valence-electron chi connectivity index (χ1n) is 6.13. The first kappa shape index (κ1) is 12.0. The van der Waals surface area contributed by atoms with E-state index in [1.165, 1.54) is 0 Å². The maximum atomic E-state index is 11.7. The summed E-state index contributed by atoms with van der Waals surface area (Å²) in [6, 6.07) is 3.96. The van der Waals surface area contributed by atoms with E-state index in [0.29, 0.717) is 18.9 Å². The van der Waals surface area contributed by atoms with E-state index in [1.807, 2.05) is 25.3 Å². The highest BCUT2D eigenvalue weighted by atomic mass is 16.1. The van der Waals surface area contributed by atoms with Crippen molar-refractivity contribution >= 4 is 5.91 Å². The van der Waals surface area contributed by atoms with Gasteiger partial charge in [-0.25, -0.2) is 0 Å². The van der Waals surface area contributed by atoms with Crippen molar-refractivity contribution in [2.24, 2.45) is 5.92 Å². The van der Waals surface area contributed by atoms with E-state index in [9.17, 15) is 4.79 Å². The molecule has 1 aromatic heterocycles. The van der Waals surface area contributed by atoms with E-state index in [0.717, 1.165) is 30.8 Å². The zero-order valence-corrected chi connectivity index (χ0v) is 10.2. The summed E-state index contributed by atoms with van der Waals surface area (Å²) in [5, 5.41) is 6.21. The molecule has 92 valence electrons. The third kappa shape index (κ3) is 3.82. The van der Waals surface area contributed by atoms with Gasteiger partial charge in [-0.15, -0.1) is 0 Å². The van der Waals surface area contributed by atoms with Crippen LogP contribution in [0.5, 0.6) is 0 Å². The molecule has 2 N–H and O–H groups in total. The second kappa shape index (κ2) is 5.77. The van der Waals surface area contributed by atoms with Crippen LogP contribution in [0.25, 0.3) is 0 Å². The molecular formula is C13H19N3O. The van der Waals surface area contributed by atoms with Crippen molar-refractivity contribution in [1.29, 1.82) is 0 Å². The van der Waals surface area contributed by atoms with Crippen molar-refractivity contribution in [3.63, 3.8) is 0 Å². The Morgan fingerprint density at radius 1 is 1.59 bits per heavy atom. The van der Waals surface area contributed by atoms with Crippen LogP contribution in [0.3, 0.4) is 0 Å². The fraction of sp³-hybridized carbons (Fsp3) is 0.538. The van der Waals surface area contributed by atoms with Crippen molar-refractivity contribution in [3.05, 3.63) is 29.6 Å². The normalized spacial score (nSPS) is 19.2. The molecule has 1 amide bonds. The molecule has 0 bridgehead atoms. The second-order valence-electron chi connectivity index (χ2n) is 4.65. The van der Waals surface area contributed by atoms with Gasteiger partial charge in [0, 0.05) is 24.9 Å². The SMILES string of the molecule is Cc1ccc(CNC(=O)CC2CCNC2)cn1. The number of nitrogens with one attached hydrogen (secondary N) is 2. The molecule has 1 aromatic rings.